The molecule has 0 aliphatic carbocycles. The van der Waals surface area contributed by atoms with Gasteiger partial charge in [-0.3, -0.25) is 9.48 Å². The summed E-state index contributed by atoms with van der Waals surface area (Å²) in [5.74, 6) is -0.0455. The highest BCUT2D eigenvalue weighted by Crippen LogP contribution is 2.32. The summed E-state index contributed by atoms with van der Waals surface area (Å²) in [7, 11) is 3.27. The van der Waals surface area contributed by atoms with E-state index in [0.29, 0.717) is 15.8 Å². The minimum absolute atomic E-state index is 0.0895. The Kier molecular flexibility index (Phi) is 5.33. The van der Waals surface area contributed by atoms with Gasteiger partial charge < -0.3 is 10.1 Å². The van der Waals surface area contributed by atoms with E-state index < -0.39 is 17.8 Å². The van der Waals surface area contributed by atoms with Gasteiger partial charge in [-0.15, -0.1) is 0 Å². The highest BCUT2D eigenvalue weighted by molar-refractivity contribution is 5.93. The molecule has 1 aromatic carbocycles. The number of amides is 1. The standard InChI is InChI=1S/C21H19F3N6O2/c1-12-14(11-26-29(12)2)10-25-20(31)17-9-19-27-16(13-4-6-15(32-3)7-5-13)8-18(21(22,23)24)30(19)28-17/h4-9,11H,10H2,1-3H3,(H,25,31). The van der Waals surface area contributed by atoms with E-state index in [1.165, 1.54) is 13.2 Å². The van der Waals surface area contributed by atoms with Crippen molar-refractivity contribution in [3.8, 4) is 17.0 Å². The molecule has 0 aliphatic heterocycles. The maximum absolute atomic E-state index is 13.7. The third-order valence-electron chi connectivity index (χ3n) is 5.11. The molecule has 1 amide bonds. The summed E-state index contributed by atoms with van der Waals surface area (Å²) in [6.45, 7) is 2.02. The summed E-state index contributed by atoms with van der Waals surface area (Å²) < 4.78 is 48.6. The molecular formula is C21H19F3N6O2. The lowest BCUT2D eigenvalue weighted by molar-refractivity contribution is -0.142. The Morgan fingerprint density at radius 3 is 2.50 bits per heavy atom. The van der Waals surface area contributed by atoms with E-state index in [1.54, 1.807) is 42.2 Å². The number of ether oxygens (including phenoxy) is 1. The molecule has 0 bridgehead atoms. The van der Waals surface area contributed by atoms with Crippen molar-refractivity contribution in [2.45, 2.75) is 19.6 Å². The first kappa shape index (κ1) is 21.3. The van der Waals surface area contributed by atoms with Gasteiger partial charge in [0.2, 0.25) is 0 Å². The van der Waals surface area contributed by atoms with Crippen LogP contribution in [0.25, 0.3) is 16.9 Å². The van der Waals surface area contributed by atoms with E-state index in [2.05, 4.69) is 20.5 Å². The first-order chi connectivity index (χ1) is 15.2. The molecule has 0 atom stereocenters. The van der Waals surface area contributed by atoms with Crippen LogP contribution in [0.15, 0.2) is 42.6 Å². The molecule has 4 aromatic rings. The first-order valence-electron chi connectivity index (χ1n) is 9.55. The number of carbonyl (C=O) groups excluding carboxylic acids is 1. The normalized spacial score (nSPS) is 11.7. The fraction of sp³-hybridized carbons (Fsp3) is 0.238. The Morgan fingerprint density at radius 1 is 1.19 bits per heavy atom. The molecule has 0 saturated carbocycles. The molecule has 4 rings (SSSR count). The van der Waals surface area contributed by atoms with Crippen molar-refractivity contribution in [3.05, 3.63) is 65.2 Å². The predicted octanol–water partition coefficient (Wildman–Crippen LogP) is 3.40. The average molecular weight is 444 g/mol. The minimum atomic E-state index is -4.70. The Morgan fingerprint density at radius 2 is 1.91 bits per heavy atom. The Labute approximate surface area is 180 Å². The van der Waals surface area contributed by atoms with Crippen LogP contribution in [0.4, 0.5) is 13.2 Å². The second-order valence-corrected chi connectivity index (χ2v) is 7.11. The number of aryl methyl sites for hydroxylation is 1. The number of halogens is 3. The molecule has 3 heterocycles. The number of nitrogens with zero attached hydrogens (tertiary/aromatic N) is 5. The maximum Gasteiger partial charge on any atom is 0.433 e. The summed E-state index contributed by atoms with van der Waals surface area (Å²) in [6, 6.07) is 8.61. The number of methoxy groups -OCH3 is 1. The van der Waals surface area contributed by atoms with Crippen LogP contribution in [0.2, 0.25) is 0 Å². The fourth-order valence-electron chi connectivity index (χ4n) is 3.18. The van der Waals surface area contributed by atoms with Gasteiger partial charge in [0.1, 0.15) is 5.75 Å². The minimum Gasteiger partial charge on any atom is -0.497 e. The number of hydrogen-bond acceptors (Lipinski definition) is 5. The quantitative estimate of drug-likeness (QED) is 0.510. The highest BCUT2D eigenvalue weighted by Gasteiger charge is 2.35. The second-order valence-electron chi connectivity index (χ2n) is 7.11. The fourth-order valence-corrected chi connectivity index (χ4v) is 3.18. The lowest BCUT2D eigenvalue weighted by Gasteiger charge is -2.11. The van der Waals surface area contributed by atoms with E-state index in [9.17, 15) is 18.0 Å². The summed E-state index contributed by atoms with van der Waals surface area (Å²) in [4.78, 5) is 16.8. The number of aromatic nitrogens is 5. The van der Waals surface area contributed by atoms with Crippen LogP contribution in [0.5, 0.6) is 5.75 Å². The van der Waals surface area contributed by atoms with Crippen LogP contribution in [0.1, 0.15) is 27.4 Å². The number of nitrogens with one attached hydrogen (secondary N) is 1. The van der Waals surface area contributed by atoms with Gasteiger partial charge in [0.15, 0.2) is 17.0 Å². The van der Waals surface area contributed by atoms with E-state index in [1.807, 2.05) is 6.92 Å². The van der Waals surface area contributed by atoms with Gasteiger partial charge in [-0.25, -0.2) is 9.50 Å². The van der Waals surface area contributed by atoms with Crippen LogP contribution >= 0.6 is 0 Å². The Hall–Kier alpha value is -3.89. The van der Waals surface area contributed by atoms with Crippen molar-refractivity contribution in [1.29, 1.82) is 0 Å². The molecule has 166 valence electrons. The second kappa shape index (κ2) is 7.98. The van der Waals surface area contributed by atoms with Gasteiger partial charge >= 0.3 is 6.18 Å². The zero-order chi connectivity index (χ0) is 23.0. The van der Waals surface area contributed by atoms with Gasteiger partial charge in [-0.1, -0.05) is 0 Å². The van der Waals surface area contributed by atoms with Gasteiger partial charge in [-0.05, 0) is 37.3 Å². The Balaban J connectivity index is 1.69. The van der Waals surface area contributed by atoms with Gasteiger partial charge in [0.25, 0.3) is 5.91 Å². The summed E-state index contributed by atoms with van der Waals surface area (Å²) >= 11 is 0. The van der Waals surface area contributed by atoms with Crippen LogP contribution in [0, 0.1) is 6.92 Å². The molecule has 0 saturated heterocycles. The number of alkyl halides is 3. The number of fused-ring (bicyclic) bond motifs is 1. The van der Waals surface area contributed by atoms with Crippen molar-refractivity contribution in [2.24, 2.45) is 7.05 Å². The van der Waals surface area contributed by atoms with Crippen LogP contribution in [-0.2, 0) is 19.8 Å². The molecule has 8 nitrogen and oxygen atoms in total. The van der Waals surface area contributed by atoms with Crippen LogP contribution < -0.4 is 10.1 Å². The molecule has 0 spiro atoms. The van der Waals surface area contributed by atoms with Crippen LogP contribution in [0.3, 0.4) is 0 Å². The average Bonchev–Trinajstić information content (AvgIpc) is 3.34. The number of rotatable bonds is 5. The topological polar surface area (TPSA) is 86.3 Å². The smallest absolute Gasteiger partial charge is 0.433 e. The van der Waals surface area contributed by atoms with Crippen molar-refractivity contribution in [3.63, 3.8) is 0 Å². The van der Waals surface area contributed by atoms with Crippen molar-refractivity contribution in [2.75, 3.05) is 7.11 Å². The summed E-state index contributed by atoms with van der Waals surface area (Å²) in [5.41, 5.74) is 0.939. The lowest BCUT2D eigenvalue weighted by Crippen LogP contribution is -2.23. The van der Waals surface area contributed by atoms with Crippen molar-refractivity contribution >= 4 is 11.6 Å². The lowest BCUT2D eigenvalue weighted by atomic mass is 10.1. The van der Waals surface area contributed by atoms with E-state index in [-0.39, 0.29) is 23.6 Å². The highest BCUT2D eigenvalue weighted by atomic mass is 19.4. The van der Waals surface area contributed by atoms with Gasteiger partial charge in [0.05, 0.1) is 19.0 Å². The largest absolute Gasteiger partial charge is 0.497 e. The Bertz CT molecular complexity index is 1290. The molecule has 1 N–H and O–H groups in total. The third-order valence-corrected chi connectivity index (χ3v) is 5.11. The van der Waals surface area contributed by atoms with E-state index >= 15 is 0 Å². The number of hydrogen-bond donors (Lipinski definition) is 1. The number of carbonyl (C=O) groups is 1. The first-order valence-corrected chi connectivity index (χ1v) is 9.55. The molecule has 0 radical (unpaired) electrons. The molecule has 3 aromatic heterocycles. The zero-order valence-corrected chi connectivity index (χ0v) is 17.4. The molecule has 32 heavy (non-hydrogen) atoms. The van der Waals surface area contributed by atoms with Gasteiger partial charge in [-0.2, -0.15) is 23.4 Å². The van der Waals surface area contributed by atoms with Gasteiger partial charge in [0, 0.05) is 36.5 Å². The number of benzene rings is 1. The predicted molar refractivity (Wildman–Crippen MR) is 109 cm³/mol. The molecular weight excluding hydrogens is 425 g/mol. The zero-order valence-electron chi connectivity index (χ0n) is 17.4. The SMILES string of the molecule is COc1ccc(-c2cc(C(F)(F)F)n3nc(C(=O)NCc4cnn(C)c4C)cc3n2)cc1. The third kappa shape index (κ3) is 4.01. The summed E-state index contributed by atoms with van der Waals surface area (Å²) in [6.07, 6.45) is -3.08. The van der Waals surface area contributed by atoms with Crippen LogP contribution in [-0.4, -0.2) is 37.4 Å². The summed E-state index contributed by atoms with van der Waals surface area (Å²) in [5, 5.41) is 10.6. The monoisotopic (exact) mass is 444 g/mol. The maximum atomic E-state index is 13.7. The molecule has 0 fully saturated rings. The molecule has 0 aliphatic rings. The van der Waals surface area contributed by atoms with Crippen molar-refractivity contribution < 1.29 is 22.7 Å². The van der Waals surface area contributed by atoms with E-state index in [0.717, 1.165) is 17.3 Å². The van der Waals surface area contributed by atoms with Crippen molar-refractivity contribution in [1.82, 2.24) is 29.7 Å². The molecule has 0 unspecified atom stereocenters. The van der Waals surface area contributed by atoms with E-state index in [4.69, 9.17) is 4.74 Å². The molecule has 11 heteroatoms.